The van der Waals surface area contributed by atoms with Gasteiger partial charge in [0.2, 0.25) is 11.8 Å². The molecule has 1 saturated carbocycles. The Morgan fingerprint density at radius 3 is 2.50 bits per heavy atom. The average Bonchev–Trinajstić information content (AvgIpc) is 3.13. The minimum atomic E-state index is -0.128. The maximum absolute atomic E-state index is 12.3. The lowest BCUT2D eigenvalue weighted by Crippen LogP contribution is -2.54. The number of carbonyl (C=O) groups is 2. The lowest BCUT2D eigenvalue weighted by atomic mass is 10.1. The van der Waals surface area contributed by atoms with Crippen molar-refractivity contribution < 1.29 is 9.59 Å². The molecule has 0 aromatic heterocycles. The third-order valence-corrected chi connectivity index (χ3v) is 4.22. The zero-order valence-corrected chi connectivity index (χ0v) is 12.8. The normalized spacial score (nSPS) is 24.7. The summed E-state index contributed by atoms with van der Waals surface area (Å²) in [6.45, 7) is 5.74. The predicted molar refractivity (Wildman–Crippen MR) is 78.2 cm³/mol. The lowest BCUT2D eigenvalue weighted by Gasteiger charge is -2.31. The van der Waals surface area contributed by atoms with Crippen molar-refractivity contribution in [2.45, 2.75) is 51.6 Å². The summed E-state index contributed by atoms with van der Waals surface area (Å²) in [4.78, 5) is 26.6. The molecule has 0 radical (unpaired) electrons. The van der Waals surface area contributed by atoms with E-state index in [9.17, 15) is 9.59 Å². The standard InChI is InChI=1S/C15H27N3O2/c1-10(2)9-17-14(19)12-5-4-8-18(12)13(11-6-7-11)15(20)16-3/h10-13H,4-9H2,1-3H3,(H,16,20)(H,17,19). The highest BCUT2D eigenvalue weighted by Gasteiger charge is 2.45. The zero-order valence-electron chi connectivity index (χ0n) is 12.8. The van der Waals surface area contributed by atoms with E-state index in [1.54, 1.807) is 7.05 Å². The highest BCUT2D eigenvalue weighted by Crippen LogP contribution is 2.38. The molecule has 0 spiro atoms. The second kappa shape index (κ2) is 6.57. The van der Waals surface area contributed by atoms with Crippen molar-refractivity contribution in [3.8, 4) is 0 Å². The Labute approximate surface area is 121 Å². The van der Waals surface area contributed by atoms with Gasteiger partial charge in [-0.1, -0.05) is 13.8 Å². The lowest BCUT2D eigenvalue weighted by molar-refractivity contribution is -0.131. The zero-order chi connectivity index (χ0) is 14.7. The van der Waals surface area contributed by atoms with Crippen molar-refractivity contribution >= 4 is 11.8 Å². The van der Waals surface area contributed by atoms with Crippen LogP contribution in [0.5, 0.6) is 0 Å². The van der Waals surface area contributed by atoms with E-state index in [0.29, 0.717) is 18.4 Å². The molecule has 1 saturated heterocycles. The average molecular weight is 281 g/mol. The Morgan fingerprint density at radius 2 is 1.95 bits per heavy atom. The summed E-state index contributed by atoms with van der Waals surface area (Å²) in [6.07, 6.45) is 4.08. The molecule has 1 aliphatic carbocycles. The van der Waals surface area contributed by atoms with Crippen LogP contribution >= 0.6 is 0 Å². The van der Waals surface area contributed by atoms with Gasteiger partial charge in [0.25, 0.3) is 0 Å². The molecule has 1 heterocycles. The largest absolute Gasteiger partial charge is 0.358 e. The molecule has 0 aromatic carbocycles. The quantitative estimate of drug-likeness (QED) is 0.755. The number of nitrogens with one attached hydrogen (secondary N) is 2. The van der Waals surface area contributed by atoms with Gasteiger partial charge >= 0.3 is 0 Å². The Kier molecular flexibility index (Phi) is 5.02. The molecule has 2 unspecified atom stereocenters. The van der Waals surface area contributed by atoms with Gasteiger partial charge in [0.05, 0.1) is 12.1 Å². The molecule has 20 heavy (non-hydrogen) atoms. The van der Waals surface area contributed by atoms with Crippen LogP contribution in [0.3, 0.4) is 0 Å². The fourth-order valence-electron chi connectivity index (χ4n) is 3.02. The van der Waals surface area contributed by atoms with E-state index < -0.39 is 0 Å². The van der Waals surface area contributed by atoms with E-state index in [0.717, 1.165) is 32.2 Å². The number of carbonyl (C=O) groups excluding carboxylic acids is 2. The van der Waals surface area contributed by atoms with Crippen LogP contribution in [-0.2, 0) is 9.59 Å². The molecular weight excluding hydrogens is 254 g/mol. The van der Waals surface area contributed by atoms with E-state index in [4.69, 9.17) is 0 Å². The molecule has 2 fully saturated rings. The van der Waals surface area contributed by atoms with Gasteiger partial charge in [0.1, 0.15) is 0 Å². The van der Waals surface area contributed by atoms with Gasteiger partial charge in [0.15, 0.2) is 0 Å². The predicted octanol–water partition coefficient (Wildman–Crippen LogP) is 0.748. The van der Waals surface area contributed by atoms with Gasteiger partial charge in [-0.05, 0) is 44.1 Å². The Hall–Kier alpha value is -1.10. The van der Waals surface area contributed by atoms with Gasteiger partial charge in [-0.25, -0.2) is 0 Å². The van der Waals surface area contributed by atoms with Crippen LogP contribution in [0.25, 0.3) is 0 Å². The third-order valence-electron chi connectivity index (χ3n) is 4.22. The minimum Gasteiger partial charge on any atom is -0.358 e. The van der Waals surface area contributed by atoms with Crippen molar-refractivity contribution in [2.24, 2.45) is 11.8 Å². The van der Waals surface area contributed by atoms with E-state index in [2.05, 4.69) is 29.4 Å². The van der Waals surface area contributed by atoms with Crippen molar-refractivity contribution in [1.82, 2.24) is 15.5 Å². The van der Waals surface area contributed by atoms with Crippen LogP contribution in [0.15, 0.2) is 0 Å². The number of likely N-dealkylation sites (N-methyl/N-ethyl adjacent to an activating group) is 1. The van der Waals surface area contributed by atoms with Crippen molar-refractivity contribution in [2.75, 3.05) is 20.1 Å². The highest BCUT2D eigenvalue weighted by atomic mass is 16.2. The van der Waals surface area contributed by atoms with E-state index >= 15 is 0 Å². The number of amides is 2. The fraction of sp³-hybridized carbons (Fsp3) is 0.867. The van der Waals surface area contributed by atoms with Crippen molar-refractivity contribution in [1.29, 1.82) is 0 Å². The SMILES string of the molecule is CNC(=O)C(C1CC1)N1CCCC1C(=O)NCC(C)C. The van der Waals surface area contributed by atoms with E-state index in [1.165, 1.54) is 0 Å². The maximum Gasteiger partial charge on any atom is 0.237 e. The molecule has 2 atom stereocenters. The first-order valence-corrected chi connectivity index (χ1v) is 7.79. The summed E-state index contributed by atoms with van der Waals surface area (Å²) in [6, 6.07) is -0.242. The maximum atomic E-state index is 12.3. The number of nitrogens with zero attached hydrogens (tertiary/aromatic N) is 1. The fourth-order valence-corrected chi connectivity index (χ4v) is 3.02. The van der Waals surface area contributed by atoms with Crippen molar-refractivity contribution in [3.63, 3.8) is 0 Å². The van der Waals surface area contributed by atoms with Gasteiger partial charge in [0, 0.05) is 13.6 Å². The van der Waals surface area contributed by atoms with Crippen LogP contribution < -0.4 is 10.6 Å². The topological polar surface area (TPSA) is 61.4 Å². The summed E-state index contributed by atoms with van der Waals surface area (Å²) in [7, 11) is 1.68. The molecule has 114 valence electrons. The first-order valence-electron chi connectivity index (χ1n) is 7.79. The van der Waals surface area contributed by atoms with Gasteiger partial charge < -0.3 is 10.6 Å². The van der Waals surface area contributed by atoms with Gasteiger partial charge in [-0.3, -0.25) is 14.5 Å². The summed E-state index contributed by atoms with van der Waals surface area (Å²) in [5, 5.41) is 5.77. The number of rotatable bonds is 6. The second-order valence-electron chi connectivity index (χ2n) is 6.43. The number of likely N-dealkylation sites (tertiary alicyclic amines) is 1. The molecule has 2 aliphatic rings. The number of hydrogen-bond acceptors (Lipinski definition) is 3. The molecule has 2 rings (SSSR count). The first-order chi connectivity index (χ1) is 9.54. The Morgan fingerprint density at radius 1 is 1.25 bits per heavy atom. The van der Waals surface area contributed by atoms with Crippen LogP contribution in [0.2, 0.25) is 0 Å². The first kappa shape index (κ1) is 15.3. The van der Waals surface area contributed by atoms with Crippen LogP contribution in [0.4, 0.5) is 0 Å². The molecule has 5 heteroatoms. The molecule has 0 aromatic rings. The summed E-state index contributed by atoms with van der Waals surface area (Å²) in [5.74, 6) is 1.04. The third kappa shape index (κ3) is 3.51. The van der Waals surface area contributed by atoms with Crippen LogP contribution in [-0.4, -0.2) is 48.9 Å². The summed E-state index contributed by atoms with van der Waals surface area (Å²) >= 11 is 0. The van der Waals surface area contributed by atoms with Gasteiger partial charge in [-0.2, -0.15) is 0 Å². The monoisotopic (exact) mass is 281 g/mol. The van der Waals surface area contributed by atoms with Crippen LogP contribution in [0.1, 0.15) is 39.5 Å². The number of hydrogen-bond donors (Lipinski definition) is 2. The molecule has 0 bridgehead atoms. The molecule has 1 aliphatic heterocycles. The Bertz CT molecular complexity index is 366. The van der Waals surface area contributed by atoms with Crippen molar-refractivity contribution in [3.05, 3.63) is 0 Å². The minimum absolute atomic E-state index is 0.0658. The molecule has 2 amide bonds. The molecule has 2 N–H and O–H groups in total. The van der Waals surface area contributed by atoms with Crippen LogP contribution in [0, 0.1) is 11.8 Å². The summed E-state index contributed by atoms with van der Waals surface area (Å²) in [5.41, 5.74) is 0. The Balaban J connectivity index is 2.01. The molecular formula is C15H27N3O2. The van der Waals surface area contributed by atoms with E-state index in [-0.39, 0.29) is 23.9 Å². The highest BCUT2D eigenvalue weighted by molar-refractivity contribution is 5.86. The molecule has 5 nitrogen and oxygen atoms in total. The van der Waals surface area contributed by atoms with Gasteiger partial charge in [-0.15, -0.1) is 0 Å². The summed E-state index contributed by atoms with van der Waals surface area (Å²) < 4.78 is 0. The second-order valence-corrected chi connectivity index (χ2v) is 6.43. The smallest absolute Gasteiger partial charge is 0.237 e. The van der Waals surface area contributed by atoms with E-state index in [1.807, 2.05) is 0 Å².